The van der Waals surface area contributed by atoms with E-state index in [1.807, 2.05) is 13.8 Å². The van der Waals surface area contributed by atoms with Crippen molar-refractivity contribution in [3.05, 3.63) is 63.7 Å². The molecule has 3 aromatic rings. The van der Waals surface area contributed by atoms with Gasteiger partial charge in [0.25, 0.3) is 0 Å². The molecule has 0 aliphatic carbocycles. The predicted octanol–water partition coefficient (Wildman–Crippen LogP) is 4.48. The number of hydrogen-bond donors (Lipinski definition) is 1. The summed E-state index contributed by atoms with van der Waals surface area (Å²) in [5.74, 6) is -0.348. The fourth-order valence-electron chi connectivity index (χ4n) is 3.99. The number of halogens is 3. The second-order valence-electron chi connectivity index (χ2n) is 8.24. The first-order chi connectivity index (χ1) is 16.0. The zero-order valence-corrected chi connectivity index (χ0v) is 19.6. The topological polar surface area (TPSA) is 88.5 Å². The van der Waals surface area contributed by atoms with Gasteiger partial charge >= 0.3 is 6.18 Å². The minimum Gasteiger partial charge on any atom is -0.352 e. The molecule has 2 heterocycles. The van der Waals surface area contributed by atoms with Gasteiger partial charge in [0.1, 0.15) is 0 Å². The molecule has 0 bridgehead atoms. The van der Waals surface area contributed by atoms with Gasteiger partial charge in [0, 0.05) is 24.4 Å². The number of nitrogens with zero attached hydrogens (tertiary/aromatic N) is 5. The van der Waals surface area contributed by atoms with E-state index < -0.39 is 11.7 Å². The number of carbonyl (C=O) groups excluding carboxylic acids is 1. The Balaban J connectivity index is 1.69. The molecule has 0 atom stereocenters. The summed E-state index contributed by atoms with van der Waals surface area (Å²) in [7, 11) is 0. The first-order valence-corrected chi connectivity index (χ1v) is 10.9. The molecule has 0 aliphatic heterocycles. The van der Waals surface area contributed by atoms with E-state index in [9.17, 15) is 18.0 Å². The van der Waals surface area contributed by atoms with Crippen LogP contribution < -0.4 is 5.32 Å². The van der Waals surface area contributed by atoms with Crippen molar-refractivity contribution < 1.29 is 18.0 Å². The van der Waals surface area contributed by atoms with E-state index >= 15 is 0 Å². The summed E-state index contributed by atoms with van der Waals surface area (Å²) in [6.07, 6.45) is -3.70. The highest BCUT2D eigenvalue weighted by Crippen LogP contribution is 2.33. The van der Waals surface area contributed by atoms with Crippen molar-refractivity contribution in [1.29, 1.82) is 5.26 Å². The molecule has 0 saturated carbocycles. The smallest absolute Gasteiger partial charge is 0.352 e. The maximum absolute atomic E-state index is 13.8. The molecule has 180 valence electrons. The highest BCUT2D eigenvalue weighted by molar-refractivity contribution is 5.76. The Hall–Kier alpha value is -3.61. The van der Waals surface area contributed by atoms with Crippen LogP contribution in [-0.2, 0) is 30.5 Å². The lowest BCUT2D eigenvalue weighted by atomic mass is 10.0. The highest BCUT2D eigenvalue weighted by atomic mass is 19.4. The molecule has 34 heavy (non-hydrogen) atoms. The maximum atomic E-state index is 13.8. The third-order valence-corrected chi connectivity index (χ3v) is 5.70. The van der Waals surface area contributed by atoms with Gasteiger partial charge in [-0.2, -0.15) is 28.6 Å². The normalized spacial score (nSPS) is 11.5. The molecule has 1 amide bonds. The number of alkyl halides is 3. The van der Waals surface area contributed by atoms with Gasteiger partial charge in [-0.05, 0) is 63.4 Å². The van der Waals surface area contributed by atoms with Crippen LogP contribution in [0, 0.1) is 39.0 Å². The zero-order chi connectivity index (χ0) is 25.0. The van der Waals surface area contributed by atoms with Crippen LogP contribution in [-0.4, -0.2) is 25.5 Å². The van der Waals surface area contributed by atoms with Crippen molar-refractivity contribution in [2.24, 2.45) is 0 Å². The molecule has 0 unspecified atom stereocenters. The van der Waals surface area contributed by atoms with Crippen LogP contribution in [0.3, 0.4) is 0 Å². The molecule has 2 aromatic heterocycles. The molecule has 3 rings (SSSR count). The first-order valence-electron chi connectivity index (χ1n) is 10.9. The van der Waals surface area contributed by atoms with Gasteiger partial charge in [0.15, 0.2) is 0 Å². The van der Waals surface area contributed by atoms with Crippen molar-refractivity contribution >= 4 is 5.91 Å². The van der Waals surface area contributed by atoms with Crippen LogP contribution in [0.25, 0.3) is 5.69 Å². The van der Waals surface area contributed by atoms with Gasteiger partial charge in [0.05, 0.1) is 41.7 Å². The number of benzene rings is 1. The van der Waals surface area contributed by atoms with Gasteiger partial charge in [0.2, 0.25) is 5.91 Å². The Morgan fingerprint density at radius 3 is 2.50 bits per heavy atom. The number of carbonyl (C=O) groups is 1. The fraction of sp³-hybridized carbons (Fsp3) is 0.417. The molecule has 7 nitrogen and oxygen atoms in total. The van der Waals surface area contributed by atoms with E-state index in [2.05, 4.69) is 21.6 Å². The number of aryl methyl sites for hydroxylation is 4. The number of aromatic nitrogens is 4. The minimum atomic E-state index is -4.57. The van der Waals surface area contributed by atoms with Crippen LogP contribution >= 0.6 is 0 Å². The predicted molar refractivity (Wildman–Crippen MR) is 120 cm³/mol. The summed E-state index contributed by atoms with van der Waals surface area (Å²) in [6.45, 7) is 7.51. The first kappa shape index (κ1) is 25.0. The number of rotatable bonds is 8. The fourth-order valence-corrected chi connectivity index (χ4v) is 3.99. The molecular formula is C24H27F3N6O. The summed E-state index contributed by atoms with van der Waals surface area (Å²) in [5, 5.41) is 20.0. The summed E-state index contributed by atoms with van der Waals surface area (Å²) >= 11 is 0. The minimum absolute atomic E-state index is 0.0113. The molecular weight excluding hydrogens is 445 g/mol. The lowest BCUT2D eigenvalue weighted by molar-refractivity contribution is -0.138. The Kier molecular flexibility index (Phi) is 7.44. The molecule has 0 fully saturated rings. The molecule has 0 saturated heterocycles. The van der Waals surface area contributed by atoms with Crippen LogP contribution in [0.4, 0.5) is 13.2 Å². The second-order valence-corrected chi connectivity index (χ2v) is 8.24. The van der Waals surface area contributed by atoms with E-state index in [0.29, 0.717) is 30.8 Å². The third-order valence-electron chi connectivity index (χ3n) is 5.70. The average Bonchev–Trinajstić information content (AvgIpc) is 3.25. The van der Waals surface area contributed by atoms with Crippen molar-refractivity contribution in [3.8, 4) is 11.8 Å². The second kappa shape index (κ2) is 10.1. The lowest BCUT2D eigenvalue weighted by Gasteiger charge is -2.16. The van der Waals surface area contributed by atoms with Crippen molar-refractivity contribution in [1.82, 2.24) is 24.9 Å². The van der Waals surface area contributed by atoms with Crippen molar-refractivity contribution in [2.75, 3.05) is 0 Å². The Morgan fingerprint density at radius 1 is 1.15 bits per heavy atom. The highest BCUT2D eigenvalue weighted by Gasteiger charge is 2.34. The summed E-state index contributed by atoms with van der Waals surface area (Å²) < 4.78 is 44.5. The Morgan fingerprint density at radius 2 is 1.88 bits per heavy atom. The van der Waals surface area contributed by atoms with E-state index in [1.165, 1.54) is 10.7 Å². The van der Waals surface area contributed by atoms with Crippen LogP contribution in [0.15, 0.2) is 24.3 Å². The summed E-state index contributed by atoms with van der Waals surface area (Å²) in [6, 6.07) is 7.87. The van der Waals surface area contributed by atoms with Gasteiger partial charge in [-0.1, -0.05) is 6.07 Å². The van der Waals surface area contributed by atoms with Crippen molar-refractivity contribution in [2.45, 2.75) is 66.2 Å². The third kappa shape index (κ3) is 5.65. The van der Waals surface area contributed by atoms with Crippen molar-refractivity contribution in [3.63, 3.8) is 0 Å². The van der Waals surface area contributed by atoms with Gasteiger partial charge < -0.3 is 5.32 Å². The maximum Gasteiger partial charge on any atom is 0.416 e. The Bertz CT molecular complexity index is 1230. The molecule has 10 heteroatoms. The van der Waals surface area contributed by atoms with E-state index in [0.717, 1.165) is 28.7 Å². The number of amides is 1. The summed E-state index contributed by atoms with van der Waals surface area (Å²) in [4.78, 5) is 12.4. The van der Waals surface area contributed by atoms with Gasteiger partial charge in [-0.3, -0.25) is 9.48 Å². The molecule has 0 radical (unpaired) electrons. The molecule has 0 spiro atoms. The number of nitrogens with one attached hydrogen (secondary N) is 1. The van der Waals surface area contributed by atoms with Gasteiger partial charge in [-0.25, -0.2) is 4.68 Å². The molecule has 0 aliphatic rings. The van der Waals surface area contributed by atoms with Crippen LogP contribution in [0.5, 0.6) is 0 Å². The molecule has 1 aromatic carbocycles. The monoisotopic (exact) mass is 472 g/mol. The lowest BCUT2D eigenvalue weighted by Crippen LogP contribution is -2.25. The SMILES string of the molecule is Cc1cc(C)n(-c2ccc(CNC(=O)CCc3c(C)nn(CCC#N)c3C)c(C(F)(F)F)c2)n1. The average molecular weight is 473 g/mol. The standard InChI is InChI=1S/C24H27F3N6O/c1-15-12-16(2)33(30-15)20-7-6-19(22(13-20)24(25,26)27)14-29-23(34)9-8-21-17(3)31-32(18(21)4)11-5-10-28/h6-7,12-13H,5,8-9,11,14H2,1-4H3,(H,29,34). The molecule has 1 N–H and O–H groups in total. The van der Waals surface area contributed by atoms with Gasteiger partial charge in [-0.15, -0.1) is 0 Å². The summed E-state index contributed by atoms with van der Waals surface area (Å²) in [5.41, 5.74) is 3.52. The number of hydrogen-bond acceptors (Lipinski definition) is 4. The number of nitriles is 1. The zero-order valence-electron chi connectivity index (χ0n) is 19.6. The van der Waals surface area contributed by atoms with E-state index in [1.54, 1.807) is 30.7 Å². The van der Waals surface area contributed by atoms with E-state index in [4.69, 9.17) is 5.26 Å². The van der Waals surface area contributed by atoms with Crippen LogP contribution in [0.2, 0.25) is 0 Å². The van der Waals surface area contributed by atoms with Crippen LogP contribution in [0.1, 0.15) is 52.3 Å². The Labute approximate surface area is 196 Å². The quantitative estimate of drug-likeness (QED) is 0.523. The van der Waals surface area contributed by atoms with E-state index in [-0.39, 0.29) is 24.4 Å². The largest absolute Gasteiger partial charge is 0.416 e.